The van der Waals surface area contributed by atoms with Crippen LogP contribution in [-0.4, -0.2) is 51.0 Å². The monoisotopic (exact) mass is 421 g/mol. The maximum Gasteiger partial charge on any atom is 0.356 e. The summed E-state index contributed by atoms with van der Waals surface area (Å²) in [4.78, 5) is 9.62. The van der Waals surface area contributed by atoms with Crippen LogP contribution in [0.5, 0.6) is 0 Å². The second kappa shape index (κ2) is 17.7. The van der Waals surface area contributed by atoms with E-state index in [1.165, 1.54) is 82.0 Å². The van der Waals surface area contributed by atoms with E-state index in [4.69, 9.17) is 39.9 Å². The normalized spacial score (nSPS) is 11.3. The van der Waals surface area contributed by atoms with Crippen LogP contribution in [0.2, 0.25) is 0 Å². The molecule has 0 atom stereocenters. The molecule has 0 rings (SSSR count). The molecule has 0 aliphatic carbocycles. The molecule has 0 spiro atoms. The van der Waals surface area contributed by atoms with E-state index < -0.39 is 9.76 Å². The van der Waals surface area contributed by atoms with Crippen LogP contribution in [-0.2, 0) is 4.79 Å². The topological polar surface area (TPSA) is 67.3 Å². The van der Waals surface area contributed by atoms with Crippen molar-refractivity contribution >= 4 is 40.8 Å². The third-order valence-corrected chi connectivity index (χ3v) is 4.67. The molecule has 7 heteroatoms. The molecular weight excluding hydrogens is 385 g/mol. The quantitative estimate of drug-likeness (QED) is 0.298. The van der Waals surface area contributed by atoms with E-state index in [9.17, 15) is 4.79 Å². The maximum absolute atomic E-state index is 9.62. The van der Waals surface area contributed by atoms with Gasteiger partial charge in [0.1, 0.15) is 0 Å². The minimum Gasteiger partial charge on any atom is -0.870 e. The molecule has 0 heterocycles. The summed E-state index contributed by atoms with van der Waals surface area (Å²) >= 11 is 14.4. The molecule has 25 heavy (non-hydrogen) atoms. The van der Waals surface area contributed by atoms with Crippen molar-refractivity contribution < 1.29 is 19.9 Å². The molecule has 0 saturated heterocycles. The lowest BCUT2D eigenvalue weighted by Crippen LogP contribution is -2.50. The second-order valence-corrected chi connectivity index (χ2v) is 8.73. The Bertz CT molecular complexity index is 273. The molecule has 0 aromatic rings. The van der Waals surface area contributed by atoms with Crippen molar-refractivity contribution in [3.63, 3.8) is 0 Å². The minimum absolute atomic E-state index is 0. The lowest BCUT2D eigenvalue weighted by molar-refractivity contribution is -0.929. The first-order chi connectivity index (χ1) is 11.2. The Kier molecular flexibility index (Phi) is 21.2. The smallest absolute Gasteiger partial charge is 0.356 e. The van der Waals surface area contributed by atoms with Crippen LogP contribution in [0.15, 0.2) is 0 Å². The number of carboxylic acid groups (broad SMARTS) is 1. The lowest BCUT2D eigenvalue weighted by atomic mass is 10.1. The zero-order valence-corrected chi connectivity index (χ0v) is 18.6. The van der Waals surface area contributed by atoms with Crippen LogP contribution in [0.1, 0.15) is 79.1 Å². The minimum atomic E-state index is -2.17. The number of quaternary nitrogens is 1. The first-order valence-electron chi connectivity index (χ1n) is 9.34. The fourth-order valence-corrected chi connectivity index (χ4v) is 2.64. The van der Waals surface area contributed by atoms with Crippen LogP contribution in [0.4, 0.5) is 0 Å². The molecule has 154 valence electrons. The summed E-state index contributed by atoms with van der Waals surface area (Å²) in [5.41, 5.74) is 0. The number of rotatable bonds is 12. The first-order valence-corrected chi connectivity index (χ1v) is 10.5. The highest BCUT2D eigenvalue weighted by molar-refractivity contribution is 6.75. The molecular formula is C18H38Cl3NO3. The summed E-state index contributed by atoms with van der Waals surface area (Å²) < 4.78 is -0.747. The Morgan fingerprint density at radius 2 is 0.960 bits per heavy atom. The molecule has 0 fully saturated rings. The van der Waals surface area contributed by atoms with Gasteiger partial charge < -0.3 is 15.1 Å². The Morgan fingerprint density at radius 1 is 0.760 bits per heavy atom. The number of carbonyl (C=O) groups is 1. The third-order valence-electron chi connectivity index (χ3n) is 4.19. The molecule has 0 bridgehead atoms. The molecule has 4 nitrogen and oxygen atoms in total. The van der Waals surface area contributed by atoms with Gasteiger partial charge in [-0.15, -0.1) is 0 Å². The number of hydrogen-bond acceptors (Lipinski definition) is 2. The Balaban J connectivity index is -0.000000513. The zero-order chi connectivity index (χ0) is 19.1. The van der Waals surface area contributed by atoms with Crippen molar-refractivity contribution in [1.29, 1.82) is 0 Å². The van der Waals surface area contributed by atoms with Crippen molar-refractivity contribution in [3.8, 4) is 0 Å². The molecule has 0 unspecified atom stereocenters. The molecule has 0 saturated carbocycles. The van der Waals surface area contributed by atoms with E-state index in [1.807, 2.05) is 0 Å². The fraction of sp³-hybridized carbons (Fsp3) is 0.944. The van der Waals surface area contributed by atoms with Gasteiger partial charge in [0, 0.05) is 0 Å². The van der Waals surface area contributed by atoms with Crippen molar-refractivity contribution in [2.75, 3.05) is 26.2 Å². The SMILES string of the molecule is CCCC[N+](CCCC)(CCCC)CCCC.O=C(O)C(Cl)(Cl)Cl.[OH-]. The van der Waals surface area contributed by atoms with Gasteiger partial charge in [-0.05, 0) is 25.7 Å². The van der Waals surface area contributed by atoms with Gasteiger partial charge in [0.15, 0.2) is 0 Å². The van der Waals surface area contributed by atoms with E-state index in [-0.39, 0.29) is 5.48 Å². The van der Waals surface area contributed by atoms with Gasteiger partial charge in [-0.1, -0.05) is 88.2 Å². The van der Waals surface area contributed by atoms with E-state index in [0.29, 0.717) is 0 Å². The highest BCUT2D eigenvalue weighted by Crippen LogP contribution is 2.25. The molecule has 0 aromatic heterocycles. The Hall–Kier alpha value is 0.260. The van der Waals surface area contributed by atoms with Crippen LogP contribution in [0.25, 0.3) is 0 Å². The van der Waals surface area contributed by atoms with Crippen molar-refractivity contribution in [2.24, 2.45) is 0 Å². The molecule has 0 radical (unpaired) electrons. The molecule has 0 aliphatic heterocycles. The predicted octanol–water partition coefficient (Wildman–Crippen LogP) is 6.27. The number of nitrogens with zero attached hydrogens (tertiary/aromatic N) is 1. The number of halogens is 3. The summed E-state index contributed by atoms with van der Waals surface area (Å²) in [5, 5.41) is 7.85. The summed E-state index contributed by atoms with van der Waals surface area (Å²) in [6.07, 6.45) is 11.1. The zero-order valence-electron chi connectivity index (χ0n) is 16.4. The van der Waals surface area contributed by atoms with Crippen LogP contribution in [0, 0.1) is 0 Å². The lowest BCUT2D eigenvalue weighted by Gasteiger charge is -2.39. The largest absolute Gasteiger partial charge is 0.870 e. The average molecular weight is 423 g/mol. The summed E-state index contributed by atoms with van der Waals surface area (Å²) in [5.74, 6) is -1.46. The number of aliphatic carboxylic acids is 1. The summed E-state index contributed by atoms with van der Waals surface area (Å²) in [6, 6.07) is 0. The van der Waals surface area contributed by atoms with Gasteiger partial charge >= 0.3 is 5.97 Å². The highest BCUT2D eigenvalue weighted by Gasteiger charge is 2.29. The van der Waals surface area contributed by atoms with Gasteiger partial charge in [0.25, 0.3) is 3.79 Å². The van der Waals surface area contributed by atoms with E-state index in [0.717, 1.165) is 0 Å². The van der Waals surface area contributed by atoms with Crippen LogP contribution < -0.4 is 0 Å². The standard InChI is InChI=1S/C16H36N.C2HCl3O2.H2O/c1-5-9-13-17(14-10-6-2,15-11-7-3)16-12-8-4;3-2(4,5)1(6)7;/h5-16H2,1-4H3;(H,6,7);1H2/q+1;;/p-1. The van der Waals surface area contributed by atoms with Crippen LogP contribution >= 0.6 is 34.8 Å². The molecule has 0 amide bonds. The Morgan fingerprint density at radius 3 is 1.08 bits per heavy atom. The molecule has 0 aliphatic rings. The van der Waals surface area contributed by atoms with Gasteiger partial charge in [0.05, 0.1) is 26.2 Å². The van der Waals surface area contributed by atoms with E-state index >= 15 is 0 Å². The number of alkyl halides is 3. The summed E-state index contributed by atoms with van der Waals surface area (Å²) in [7, 11) is 0. The average Bonchev–Trinajstić information content (AvgIpc) is 2.53. The molecule has 0 aromatic carbocycles. The third kappa shape index (κ3) is 17.4. The van der Waals surface area contributed by atoms with Crippen molar-refractivity contribution in [3.05, 3.63) is 0 Å². The number of carboxylic acids is 1. The Labute approximate surface area is 169 Å². The second-order valence-electron chi connectivity index (χ2n) is 6.45. The predicted molar refractivity (Wildman–Crippen MR) is 109 cm³/mol. The van der Waals surface area contributed by atoms with Gasteiger partial charge in [-0.3, -0.25) is 0 Å². The molecule has 2 N–H and O–H groups in total. The van der Waals surface area contributed by atoms with E-state index in [1.54, 1.807) is 0 Å². The van der Waals surface area contributed by atoms with Gasteiger partial charge in [-0.2, -0.15) is 0 Å². The van der Waals surface area contributed by atoms with E-state index in [2.05, 4.69) is 27.7 Å². The first kappa shape index (κ1) is 30.0. The maximum atomic E-state index is 9.62. The highest BCUT2D eigenvalue weighted by atomic mass is 35.6. The summed E-state index contributed by atoms with van der Waals surface area (Å²) in [6.45, 7) is 15.0. The van der Waals surface area contributed by atoms with Crippen LogP contribution in [0.3, 0.4) is 0 Å². The van der Waals surface area contributed by atoms with Crippen molar-refractivity contribution in [2.45, 2.75) is 82.9 Å². The number of unbranched alkanes of at least 4 members (excludes halogenated alkanes) is 4. The van der Waals surface area contributed by atoms with Crippen molar-refractivity contribution in [1.82, 2.24) is 0 Å². The van der Waals surface area contributed by atoms with Gasteiger partial charge in [-0.25, -0.2) is 4.79 Å². The van der Waals surface area contributed by atoms with Gasteiger partial charge in [0.2, 0.25) is 0 Å². The fourth-order valence-electron chi connectivity index (χ4n) is 2.64. The number of hydrogen-bond donors (Lipinski definition) is 1.